The number of rotatable bonds is 0. The number of nitrogens with zero attached hydrogens (tertiary/aromatic N) is 1. The van der Waals surface area contributed by atoms with Gasteiger partial charge in [-0.25, -0.2) is 0 Å². The summed E-state index contributed by atoms with van der Waals surface area (Å²) in [6.07, 6.45) is 5.44. The summed E-state index contributed by atoms with van der Waals surface area (Å²) in [4.78, 5) is 0. The first-order chi connectivity index (χ1) is 6.70. The Morgan fingerprint density at radius 3 is 2.79 bits per heavy atom. The molecule has 3 heteroatoms. The van der Waals surface area contributed by atoms with Crippen LogP contribution >= 0.6 is 11.6 Å². The third-order valence-corrected chi connectivity index (χ3v) is 4.45. The van der Waals surface area contributed by atoms with E-state index in [1.807, 2.05) is 0 Å². The molecule has 0 aromatic rings. The first-order valence-corrected chi connectivity index (χ1v) is 5.88. The molecule has 2 fully saturated rings. The molecule has 78 valence electrons. The van der Waals surface area contributed by atoms with Gasteiger partial charge in [0, 0.05) is 0 Å². The lowest BCUT2D eigenvalue weighted by Gasteiger charge is -2.47. The van der Waals surface area contributed by atoms with Gasteiger partial charge in [0.2, 0.25) is 0 Å². The normalized spacial score (nSPS) is 47.9. The van der Waals surface area contributed by atoms with E-state index >= 15 is 0 Å². The number of hydrogen-bond acceptors (Lipinski definition) is 2. The minimum Gasteiger partial charge on any atom is -0.390 e. The predicted molar refractivity (Wildman–Crippen MR) is 54.9 cm³/mol. The summed E-state index contributed by atoms with van der Waals surface area (Å²) < 4.78 is 0. The van der Waals surface area contributed by atoms with Crippen molar-refractivity contribution >= 4 is 11.6 Å². The highest BCUT2D eigenvalue weighted by molar-refractivity contribution is 6.21. The molecule has 0 amide bonds. The summed E-state index contributed by atoms with van der Waals surface area (Å²) in [5.41, 5.74) is -0.525. The first-order valence-electron chi connectivity index (χ1n) is 5.44. The largest absolute Gasteiger partial charge is 0.390 e. The molecule has 0 aliphatic heterocycles. The fourth-order valence-electron chi connectivity index (χ4n) is 3.12. The number of alkyl halides is 1. The maximum Gasteiger partial charge on any atom is 0.0892 e. The average molecular weight is 214 g/mol. The second kappa shape index (κ2) is 3.72. The molecule has 0 aromatic carbocycles. The minimum atomic E-state index is -0.617. The van der Waals surface area contributed by atoms with Crippen LogP contribution in [-0.4, -0.2) is 16.6 Å². The minimum absolute atomic E-state index is 0.219. The molecule has 2 aliphatic carbocycles. The van der Waals surface area contributed by atoms with E-state index in [9.17, 15) is 10.4 Å². The molecule has 2 nitrogen and oxygen atoms in total. The Balaban J connectivity index is 2.28. The lowest BCUT2D eigenvalue weighted by Crippen LogP contribution is -2.50. The Kier molecular flexibility index (Phi) is 2.72. The Bertz CT molecular complexity index is 259. The van der Waals surface area contributed by atoms with Gasteiger partial charge in [0.25, 0.3) is 0 Å². The van der Waals surface area contributed by atoms with Crippen LogP contribution in [0.3, 0.4) is 0 Å². The summed E-state index contributed by atoms with van der Waals surface area (Å²) >= 11 is 6.05. The van der Waals surface area contributed by atoms with Gasteiger partial charge >= 0.3 is 0 Å². The first kappa shape index (κ1) is 10.3. The van der Waals surface area contributed by atoms with Crippen LogP contribution in [0.25, 0.3) is 0 Å². The fraction of sp³-hybridized carbons (Fsp3) is 0.909. The van der Waals surface area contributed by atoms with E-state index in [1.54, 1.807) is 0 Å². The van der Waals surface area contributed by atoms with Crippen LogP contribution in [0, 0.1) is 22.7 Å². The third-order valence-electron chi connectivity index (χ3n) is 3.99. The van der Waals surface area contributed by atoms with Gasteiger partial charge in [-0.3, -0.25) is 0 Å². The standard InChI is InChI=1S/C11H16ClNO/c12-9-5-4-8-3-1-2-6-11(8,7-13)10(9)14/h8-10,14H,1-6H2/t8-,9+,10-,11-/m1/s1. The van der Waals surface area contributed by atoms with Crippen molar-refractivity contribution in [2.75, 3.05) is 0 Å². The summed E-state index contributed by atoms with van der Waals surface area (Å²) in [5, 5.41) is 19.1. The second-order valence-corrected chi connectivity index (χ2v) is 5.19. The topological polar surface area (TPSA) is 44.0 Å². The average Bonchev–Trinajstić information content (AvgIpc) is 2.24. The van der Waals surface area contributed by atoms with E-state index in [0.717, 1.165) is 32.1 Å². The van der Waals surface area contributed by atoms with E-state index in [4.69, 9.17) is 11.6 Å². The van der Waals surface area contributed by atoms with Crippen LogP contribution in [0.1, 0.15) is 38.5 Å². The van der Waals surface area contributed by atoms with Crippen molar-refractivity contribution in [3.05, 3.63) is 0 Å². The number of nitriles is 1. The van der Waals surface area contributed by atoms with Crippen molar-refractivity contribution in [2.45, 2.75) is 50.0 Å². The molecule has 1 N–H and O–H groups in total. The van der Waals surface area contributed by atoms with Crippen molar-refractivity contribution in [1.29, 1.82) is 5.26 Å². The van der Waals surface area contributed by atoms with Gasteiger partial charge in [-0.05, 0) is 31.6 Å². The Hall–Kier alpha value is -0.260. The maximum absolute atomic E-state index is 10.1. The van der Waals surface area contributed by atoms with Crippen molar-refractivity contribution in [3.8, 4) is 6.07 Å². The Morgan fingerprint density at radius 1 is 1.29 bits per heavy atom. The molecule has 0 bridgehead atoms. The molecular weight excluding hydrogens is 198 g/mol. The molecule has 0 heterocycles. The molecule has 0 saturated heterocycles. The predicted octanol–water partition coefficient (Wildman–Crippen LogP) is 2.45. The van der Waals surface area contributed by atoms with E-state index in [2.05, 4.69) is 6.07 Å². The summed E-state index contributed by atoms with van der Waals surface area (Å²) in [5.74, 6) is 0.381. The summed E-state index contributed by atoms with van der Waals surface area (Å²) in [7, 11) is 0. The van der Waals surface area contributed by atoms with Crippen LogP contribution in [-0.2, 0) is 0 Å². The molecule has 14 heavy (non-hydrogen) atoms. The van der Waals surface area contributed by atoms with E-state index in [0.29, 0.717) is 5.92 Å². The van der Waals surface area contributed by atoms with Gasteiger partial charge in [0.15, 0.2) is 0 Å². The number of aliphatic hydroxyl groups is 1. The quantitative estimate of drug-likeness (QED) is 0.629. The van der Waals surface area contributed by atoms with E-state index in [1.165, 1.54) is 6.42 Å². The van der Waals surface area contributed by atoms with Crippen LogP contribution in [0.4, 0.5) is 0 Å². The second-order valence-electron chi connectivity index (χ2n) is 4.63. The zero-order valence-corrected chi connectivity index (χ0v) is 9.00. The molecule has 0 unspecified atom stereocenters. The van der Waals surface area contributed by atoms with Crippen LogP contribution in [0.15, 0.2) is 0 Å². The van der Waals surface area contributed by atoms with Crippen molar-refractivity contribution in [3.63, 3.8) is 0 Å². The van der Waals surface area contributed by atoms with Crippen LogP contribution in [0.5, 0.6) is 0 Å². The molecular formula is C11H16ClNO. The van der Waals surface area contributed by atoms with Crippen LogP contribution < -0.4 is 0 Å². The van der Waals surface area contributed by atoms with Gasteiger partial charge in [0.1, 0.15) is 0 Å². The van der Waals surface area contributed by atoms with E-state index < -0.39 is 11.5 Å². The molecule has 2 aliphatic rings. The highest BCUT2D eigenvalue weighted by atomic mass is 35.5. The Morgan fingerprint density at radius 2 is 2.07 bits per heavy atom. The Labute approximate surface area is 89.9 Å². The van der Waals surface area contributed by atoms with Crippen molar-refractivity contribution in [1.82, 2.24) is 0 Å². The monoisotopic (exact) mass is 213 g/mol. The van der Waals surface area contributed by atoms with Gasteiger partial charge in [-0.2, -0.15) is 5.26 Å². The highest BCUT2D eigenvalue weighted by Gasteiger charge is 2.51. The van der Waals surface area contributed by atoms with Gasteiger partial charge in [-0.15, -0.1) is 11.6 Å². The van der Waals surface area contributed by atoms with Crippen LogP contribution in [0.2, 0.25) is 0 Å². The number of fused-ring (bicyclic) bond motifs is 1. The molecule has 0 radical (unpaired) electrons. The van der Waals surface area contributed by atoms with Crippen molar-refractivity contribution in [2.24, 2.45) is 11.3 Å². The number of hydrogen-bond donors (Lipinski definition) is 1. The molecule has 0 aromatic heterocycles. The molecule has 0 spiro atoms. The fourth-order valence-corrected chi connectivity index (χ4v) is 3.47. The molecule has 2 rings (SSSR count). The smallest absolute Gasteiger partial charge is 0.0892 e. The zero-order chi connectivity index (χ0) is 10.2. The van der Waals surface area contributed by atoms with Gasteiger partial charge in [-0.1, -0.05) is 12.8 Å². The van der Waals surface area contributed by atoms with Gasteiger partial charge in [0.05, 0.1) is 23.0 Å². The number of halogens is 1. The highest BCUT2D eigenvalue weighted by Crippen LogP contribution is 2.51. The summed E-state index contributed by atoms with van der Waals surface area (Å²) in [6.45, 7) is 0. The third kappa shape index (κ3) is 1.34. The molecule has 2 saturated carbocycles. The lowest BCUT2D eigenvalue weighted by atomic mass is 9.58. The van der Waals surface area contributed by atoms with E-state index in [-0.39, 0.29) is 5.38 Å². The summed E-state index contributed by atoms with van der Waals surface area (Å²) in [6, 6.07) is 2.37. The van der Waals surface area contributed by atoms with Crippen molar-refractivity contribution < 1.29 is 5.11 Å². The molecule has 4 atom stereocenters. The lowest BCUT2D eigenvalue weighted by molar-refractivity contribution is -0.0356. The SMILES string of the molecule is N#C[C@]12CCCC[C@@H]1CC[C@H](Cl)[C@H]2O. The maximum atomic E-state index is 10.1. The zero-order valence-electron chi connectivity index (χ0n) is 8.25. The van der Waals surface area contributed by atoms with Gasteiger partial charge < -0.3 is 5.11 Å². The number of aliphatic hydroxyl groups excluding tert-OH is 1.